The Morgan fingerprint density at radius 3 is 2.91 bits per heavy atom. The van der Waals surface area contributed by atoms with Crippen molar-refractivity contribution in [1.29, 1.82) is 0 Å². The van der Waals surface area contributed by atoms with Gasteiger partial charge in [0, 0.05) is 6.54 Å². The summed E-state index contributed by atoms with van der Waals surface area (Å²) in [5, 5.41) is 0. The van der Waals surface area contributed by atoms with Crippen molar-refractivity contribution in [2.45, 2.75) is 25.2 Å². The van der Waals surface area contributed by atoms with Crippen molar-refractivity contribution in [3.05, 3.63) is 0 Å². The summed E-state index contributed by atoms with van der Waals surface area (Å²) < 4.78 is 11.2. The van der Waals surface area contributed by atoms with E-state index in [1.165, 1.54) is 6.42 Å². The van der Waals surface area contributed by atoms with Gasteiger partial charge in [0.05, 0.1) is 19.3 Å². The zero-order chi connectivity index (χ0) is 7.68. The molecule has 2 fully saturated rings. The zero-order valence-corrected chi connectivity index (χ0v) is 6.95. The van der Waals surface area contributed by atoms with E-state index >= 15 is 0 Å². The van der Waals surface area contributed by atoms with Gasteiger partial charge in [-0.1, -0.05) is 0 Å². The molecule has 11 heavy (non-hydrogen) atoms. The van der Waals surface area contributed by atoms with Crippen LogP contribution in [0.25, 0.3) is 0 Å². The molecule has 0 aliphatic carbocycles. The molecule has 2 aliphatic heterocycles. The first-order valence-electron chi connectivity index (χ1n) is 4.31. The number of likely N-dealkylation sites (tertiary alicyclic amines) is 1. The zero-order valence-electron chi connectivity index (χ0n) is 6.95. The number of hydrogen-bond acceptors (Lipinski definition) is 3. The number of likely N-dealkylation sites (N-methyl/N-ethyl adjacent to an activating group) is 1. The smallest absolute Gasteiger partial charge is 0.136 e. The Kier molecular flexibility index (Phi) is 2.11. The van der Waals surface area contributed by atoms with Crippen molar-refractivity contribution in [2.75, 3.05) is 26.8 Å². The Hall–Kier alpha value is -0.120. The van der Waals surface area contributed by atoms with E-state index in [1.807, 2.05) is 0 Å². The normalized spacial score (nSPS) is 40.1. The van der Waals surface area contributed by atoms with Gasteiger partial charge >= 0.3 is 0 Å². The first kappa shape index (κ1) is 7.53. The Labute approximate surface area is 67.3 Å². The lowest BCUT2D eigenvalue weighted by Gasteiger charge is -2.41. The minimum Gasteiger partial charge on any atom is -0.372 e. The Morgan fingerprint density at radius 2 is 2.09 bits per heavy atom. The van der Waals surface area contributed by atoms with Crippen LogP contribution < -0.4 is 0 Å². The van der Waals surface area contributed by atoms with Crippen molar-refractivity contribution in [2.24, 2.45) is 0 Å². The third-order valence-electron chi connectivity index (χ3n) is 2.46. The molecule has 0 saturated carbocycles. The van der Waals surface area contributed by atoms with E-state index in [2.05, 4.69) is 11.9 Å². The minimum atomic E-state index is 0.234. The molecular formula is C8H15NO2. The van der Waals surface area contributed by atoms with Crippen LogP contribution in [0, 0.1) is 0 Å². The van der Waals surface area contributed by atoms with Crippen LogP contribution in [-0.2, 0) is 9.47 Å². The lowest BCUT2D eigenvalue weighted by Crippen LogP contribution is -2.52. The molecule has 0 aromatic carbocycles. The van der Waals surface area contributed by atoms with Gasteiger partial charge in [-0.15, -0.1) is 0 Å². The molecule has 0 bridgehead atoms. The van der Waals surface area contributed by atoms with Crippen LogP contribution in [0.5, 0.6) is 0 Å². The highest BCUT2D eigenvalue weighted by Crippen LogP contribution is 2.22. The van der Waals surface area contributed by atoms with Crippen LogP contribution in [0.2, 0.25) is 0 Å². The molecule has 2 aliphatic rings. The van der Waals surface area contributed by atoms with E-state index in [0.717, 1.165) is 26.2 Å². The van der Waals surface area contributed by atoms with Gasteiger partial charge in [0.15, 0.2) is 0 Å². The summed E-state index contributed by atoms with van der Waals surface area (Å²) in [4.78, 5) is 2.24. The summed E-state index contributed by atoms with van der Waals surface area (Å²) in [7, 11) is 2.10. The summed E-state index contributed by atoms with van der Waals surface area (Å²) in [6, 6.07) is 0. The molecule has 0 aromatic rings. The van der Waals surface area contributed by atoms with Gasteiger partial charge in [-0.2, -0.15) is 0 Å². The maximum atomic E-state index is 5.60. The number of nitrogens with zero attached hydrogens (tertiary/aromatic N) is 1. The molecule has 3 nitrogen and oxygen atoms in total. The highest BCUT2D eigenvalue weighted by atomic mass is 16.6. The van der Waals surface area contributed by atoms with Crippen LogP contribution >= 0.6 is 0 Å². The Bertz CT molecular complexity index is 138. The van der Waals surface area contributed by atoms with Crippen LogP contribution in [0.1, 0.15) is 12.8 Å². The van der Waals surface area contributed by atoms with Crippen molar-refractivity contribution < 1.29 is 9.47 Å². The minimum absolute atomic E-state index is 0.234. The van der Waals surface area contributed by atoms with E-state index in [-0.39, 0.29) is 6.23 Å². The predicted molar refractivity (Wildman–Crippen MR) is 41.3 cm³/mol. The van der Waals surface area contributed by atoms with E-state index in [9.17, 15) is 0 Å². The van der Waals surface area contributed by atoms with Crippen molar-refractivity contribution >= 4 is 0 Å². The second-order valence-electron chi connectivity index (χ2n) is 3.29. The molecule has 0 N–H and O–H groups in total. The number of fused-ring (bicyclic) bond motifs is 1. The summed E-state index contributed by atoms with van der Waals surface area (Å²) in [6.07, 6.45) is 2.97. The predicted octanol–water partition coefficient (Wildman–Crippen LogP) is 0.453. The SMILES string of the molecule is CN1CCCC2OCCOC21. The fraction of sp³-hybridized carbons (Fsp3) is 1.00. The van der Waals surface area contributed by atoms with Gasteiger partial charge in [0.2, 0.25) is 0 Å². The Balaban J connectivity index is 1.99. The highest BCUT2D eigenvalue weighted by molar-refractivity contribution is 4.78. The largest absolute Gasteiger partial charge is 0.372 e. The average molecular weight is 157 g/mol. The van der Waals surface area contributed by atoms with E-state index in [0.29, 0.717) is 6.10 Å². The van der Waals surface area contributed by atoms with Crippen molar-refractivity contribution in [1.82, 2.24) is 4.90 Å². The van der Waals surface area contributed by atoms with Crippen molar-refractivity contribution in [3.8, 4) is 0 Å². The molecule has 2 atom stereocenters. The Morgan fingerprint density at radius 1 is 1.27 bits per heavy atom. The molecular weight excluding hydrogens is 142 g/mol. The number of piperidine rings is 1. The first-order chi connectivity index (χ1) is 5.38. The third kappa shape index (κ3) is 1.41. The van der Waals surface area contributed by atoms with E-state index < -0.39 is 0 Å². The molecule has 0 aromatic heterocycles. The standard InChI is InChI=1S/C8H15NO2/c1-9-4-2-3-7-8(9)11-6-5-10-7/h7-8H,2-6H2,1H3. The van der Waals surface area contributed by atoms with Crippen LogP contribution in [0.4, 0.5) is 0 Å². The number of ether oxygens (including phenoxy) is 2. The van der Waals surface area contributed by atoms with Crippen LogP contribution in [0.15, 0.2) is 0 Å². The third-order valence-corrected chi connectivity index (χ3v) is 2.46. The lowest BCUT2D eigenvalue weighted by molar-refractivity contribution is -0.206. The monoisotopic (exact) mass is 157 g/mol. The average Bonchev–Trinajstić information content (AvgIpc) is 2.06. The van der Waals surface area contributed by atoms with Gasteiger partial charge in [0.25, 0.3) is 0 Å². The molecule has 2 saturated heterocycles. The van der Waals surface area contributed by atoms with Crippen LogP contribution in [0.3, 0.4) is 0 Å². The maximum absolute atomic E-state index is 5.60. The molecule has 3 heteroatoms. The van der Waals surface area contributed by atoms with Gasteiger partial charge in [-0.05, 0) is 19.9 Å². The summed E-state index contributed by atoms with van der Waals surface area (Å²) >= 11 is 0. The van der Waals surface area contributed by atoms with Gasteiger partial charge in [-0.3, -0.25) is 4.90 Å². The second kappa shape index (κ2) is 3.09. The number of hydrogen-bond donors (Lipinski definition) is 0. The first-order valence-corrected chi connectivity index (χ1v) is 4.31. The molecule has 2 heterocycles. The molecule has 2 unspecified atom stereocenters. The summed E-state index contributed by atoms with van der Waals surface area (Å²) in [6.45, 7) is 2.67. The van der Waals surface area contributed by atoms with Crippen LogP contribution in [-0.4, -0.2) is 44.0 Å². The summed E-state index contributed by atoms with van der Waals surface area (Å²) in [5.41, 5.74) is 0. The van der Waals surface area contributed by atoms with Gasteiger partial charge < -0.3 is 9.47 Å². The topological polar surface area (TPSA) is 21.7 Å². The summed E-state index contributed by atoms with van der Waals surface area (Å²) in [5.74, 6) is 0. The molecule has 2 rings (SSSR count). The molecule has 64 valence electrons. The molecule has 0 spiro atoms. The van der Waals surface area contributed by atoms with E-state index in [1.54, 1.807) is 0 Å². The lowest BCUT2D eigenvalue weighted by atomic mass is 10.1. The molecule has 0 radical (unpaired) electrons. The quantitative estimate of drug-likeness (QED) is 0.509. The van der Waals surface area contributed by atoms with Gasteiger partial charge in [-0.25, -0.2) is 0 Å². The fourth-order valence-corrected chi connectivity index (χ4v) is 1.86. The fourth-order valence-electron chi connectivity index (χ4n) is 1.86. The van der Waals surface area contributed by atoms with E-state index in [4.69, 9.17) is 9.47 Å². The van der Waals surface area contributed by atoms with Crippen molar-refractivity contribution in [3.63, 3.8) is 0 Å². The second-order valence-corrected chi connectivity index (χ2v) is 3.29. The number of rotatable bonds is 0. The molecule has 0 amide bonds. The maximum Gasteiger partial charge on any atom is 0.136 e. The highest BCUT2D eigenvalue weighted by Gasteiger charge is 2.32. The van der Waals surface area contributed by atoms with Gasteiger partial charge in [0.1, 0.15) is 6.23 Å².